The Kier molecular flexibility index (Phi) is 10.7. The minimum Gasteiger partial charge on any atom is -0.494 e. The predicted molar refractivity (Wildman–Crippen MR) is 137 cm³/mol. The lowest BCUT2D eigenvalue weighted by atomic mass is 10.2. The van der Waals surface area contributed by atoms with Gasteiger partial charge in [0.05, 0.1) is 7.11 Å². The zero-order chi connectivity index (χ0) is 22.2. The second-order valence-electron chi connectivity index (χ2n) is 8.29. The number of ether oxygens (including phenoxy) is 1. The molecule has 1 aromatic carbocycles. The van der Waals surface area contributed by atoms with Crippen molar-refractivity contribution in [1.82, 2.24) is 24.7 Å². The number of halogens is 2. The smallest absolute Gasteiger partial charge is 0.194 e. The van der Waals surface area contributed by atoms with Gasteiger partial charge in [-0.2, -0.15) is 0 Å². The number of aromatic nitrogens is 2. The summed E-state index contributed by atoms with van der Waals surface area (Å²) < 4.78 is 21.2. The van der Waals surface area contributed by atoms with Crippen molar-refractivity contribution >= 4 is 29.9 Å². The first-order valence-corrected chi connectivity index (χ1v) is 11.1. The number of hydrogen-bond acceptors (Lipinski definition) is 4. The normalized spacial score (nSPS) is 15.1. The molecule has 178 valence electrons. The molecule has 9 heteroatoms. The van der Waals surface area contributed by atoms with Gasteiger partial charge in [0, 0.05) is 58.2 Å². The predicted octanol–water partition coefficient (Wildman–Crippen LogP) is 3.59. The average Bonchev–Trinajstić information content (AvgIpc) is 3.18. The van der Waals surface area contributed by atoms with Crippen LogP contribution in [-0.4, -0.2) is 65.1 Å². The van der Waals surface area contributed by atoms with Gasteiger partial charge < -0.3 is 19.5 Å². The first-order valence-electron chi connectivity index (χ1n) is 11.1. The molecular formula is C23H36FIN6O. The van der Waals surface area contributed by atoms with Crippen molar-refractivity contribution in [2.75, 3.05) is 39.8 Å². The number of rotatable bonds is 8. The number of guanidine groups is 1. The summed E-state index contributed by atoms with van der Waals surface area (Å²) in [5, 5.41) is 3.42. The van der Waals surface area contributed by atoms with Crippen LogP contribution in [0, 0.1) is 11.7 Å². The number of aliphatic imine (C=N–C) groups is 1. The number of imidazole rings is 1. The zero-order valence-electron chi connectivity index (χ0n) is 19.6. The summed E-state index contributed by atoms with van der Waals surface area (Å²) in [5.74, 6) is 2.46. The highest BCUT2D eigenvalue weighted by atomic mass is 127. The molecular weight excluding hydrogens is 522 g/mol. The lowest BCUT2D eigenvalue weighted by Crippen LogP contribution is -2.52. The van der Waals surface area contributed by atoms with E-state index in [1.165, 1.54) is 7.11 Å². The van der Waals surface area contributed by atoms with Crippen molar-refractivity contribution < 1.29 is 9.13 Å². The first-order chi connectivity index (χ1) is 15.0. The van der Waals surface area contributed by atoms with Crippen LogP contribution < -0.4 is 10.1 Å². The van der Waals surface area contributed by atoms with Gasteiger partial charge in [0.1, 0.15) is 12.4 Å². The molecule has 0 unspecified atom stereocenters. The van der Waals surface area contributed by atoms with Crippen LogP contribution >= 0.6 is 24.0 Å². The summed E-state index contributed by atoms with van der Waals surface area (Å²) in [6, 6.07) is 5.19. The van der Waals surface area contributed by atoms with Crippen LogP contribution in [0.1, 0.15) is 32.2 Å². The van der Waals surface area contributed by atoms with Crippen molar-refractivity contribution in [2.24, 2.45) is 10.9 Å². The maximum Gasteiger partial charge on any atom is 0.194 e. The van der Waals surface area contributed by atoms with Crippen molar-refractivity contribution in [2.45, 2.75) is 40.4 Å². The second kappa shape index (κ2) is 13.0. The zero-order valence-corrected chi connectivity index (χ0v) is 21.9. The molecule has 1 fully saturated rings. The largest absolute Gasteiger partial charge is 0.494 e. The van der Waals surface area contributed by atoms with Gasteiger partial charge in [-0.3, -0.25) is 4.90 Å². The highest BCUT2D eigenvalue weighted by Gasteiger charge is 2.20. The molecule has 0 amide bonds. The molecule has 7 nitrogen and oxygen atoms in total. The summed E-state index contributed by atoms with van der Waals surface area (Å²) in [5.41, 5.74) is 0.962. The van der Waals surface area contributed by atoms with E-state index in [9.17, 15) is 4.39 Å². The Morgan fingerprint density at radius 1 is 1.25 bits per heavy atom. The molecule has 0 bridgehead atoms. The van der Waals surface area contributed by atoms with Crippen molar-refractivity contribution in [3.05, 3.63) is 47.8 Å². The van der Waals surface area contributed by atoms with Gasteiger partial charge >= 0.3 is 0 Å². The molecule has 0 saturated carbocycles. The van der Waals surface area contributed by atoms with E-state index in [1.54, 1.807) is 12.1 Å². The van der Waals surface area contributed by atoms with E-state index in [0.29, 0.717) is 12.5 Å². The molecule has 1 N–H and O–H groups in total. The molecule has 32 heavy (non-hydrogen) atoms. The van der Waals surface area contributed by atoms with Gasteiger partial charge in [-0.15, -0.1) is 24.0 Å². The Morgan fingerprint density at radius 2 is 2.00 bits per heavy atom. The van der Waals surface area contributed by atoms with Gasteiger partial charge in [-0.05, 0) is 30.5 Å². The Hall–Kier alpha value is -1.88. The third kappa shape index (κ3) is 7.33. The van der Waals surface area contributed by atoms with Crippen LogP contribution in [0.5, 0.6) is 5.75 Å². The lowest BCUT2D eigenvalue weighted by molar-refractivity contribution is 0.172. The van der Waals surface area contributed by atoms with Crippen LogP contribution in [0.2, 0.25) is 0 Å². The monoisotopic (exact) mass is 558 g/mol. The summed E-state index contributed by atoms with van der Waals surface area (Å²) in [6.07, 6.45) is 3.87. The minimum atomic E-state index is -0.309. The van der Waals surface area contributed by atoms with Gasteiger partial charge in [-0.25, -0.2) is 14.4 Å². The van der Waals surface area contributed by atoms with Crippen molar-refractivity contribution in [3.8, 4) is 5.75 Å². The fraction of sp³-hybridized carbons (Fsp3) is 0.565. The van der Waals surface area contributed by atoms with Gasteiger partial charge in [-0.1, -0.05) is 19.9 Å². The molecule has 1 aliphatic heterocycles. The van der Waals surface area contributed by atoms with Crippen LogP contribution in [0.25, 0.3) is 0 Å². The minimum absolute atomic E-state index is 0. The number of nitrogens with one attached hydrogen (secondary N) is 1. The molecule has 2 aromatic rings. The molecule has 0 aliphatic carbocycles. The molecule has 0 atom stereocenters. The third-order valence-electron chi connectivity index (χ3n) is 5.36. The van der Waals surface area contributed by atoms with Crippen LogP contribution in [-0.2, 0) is 19.6 Å². The SMILES string of the molecule is CCNC(=NCc1nccn1CC(C)C)N1CCN(Cc2ccc(OC)c(F)c2)CC1.I. The summed E-state index contributed by atoms with van der Waals surface area (Å²) in [7, 11) is 1.48. The Labute approximate surface area is 208 Å². The summed E-state index contributed by atoms with van der Waals surface area (Å²) in [4.78, 5) is 14.0. The van der Waals surface area contributed by atoms with E-state index in [-0.39, 0.29) is 35.5 Å². The number of methoxy groups -OCH3 is 1. The highest BCUT2D eigenvalue weighted by Crippen LogP contribution is 2.19. The van der Waals surface area contributed by atoms with Crippen LogP contribution in [0.4, 0.5) is 4.39 Å². The molecule has 2 heterocycles. The fourth-order valence-electron chi connectivity index (χ4n) is 3.81. The third-order valence-corrected chi connectivity index (χ3v) is 5.36. The Balaban J connectivity index is 0.00000363. The standard InChI is InChI=1S/C23H35FN6O.HI/c1-5-25-23(27-15-22-26-8-9-30(22)16-18(2)3)29-12-10-28(11-13-29)17-19-6-7-21(31-4)20(24)14-19;/h6-9,14,18H,5,10-13,15-17H2,1-4H3,(H,25,27);1H. The average molecular weight is 558 g/mol. The topological polar surface area (TPSA) is 57.9 Å². The van der Waals surface area contributed by atoms with E-state index >= 15 is 0 Å². The number of benzene rings is 1. The lowest BCUT2D eigenvalue weighted by Gasteiger charge is -2.36. The summed E-state index contributed by atoms with van der Waals surface area (Å²) in [6.45, 7) is 13.1. The van der Waals surface area contributed by atoms with Crippen molar-refractivity contribution in [3.63, 3.8) is 0 Å². The summed E-state index contributed by atoms with van der Waals surface area (Å²) >= 11 is 0. The van der Waals surface area contributed by atoms with E-state index < -0.39 is 0 Å². The quantitative estimate of drug-likeness (QED) is 0.305. The van der Waals surface area contributed by atoms with Gasteiger partial charge in [0.25, 0.3) is 0 Å². The van der Waals surface area contributed by atoms with Gasteiger partial charge in [0.15, 0.2) is 17.5 Å². The van der Waals surface area contributed by atoms with E-state index in [1.807, 2.05) is 18.5 Å². The maximum absolute atomic E-state index is 14.0. The molecule has 1 aromatic heterocycles. The number of piperazine rings is 1. The van der Waals surface area contributed by atoms with E-state index in [2.05, 4.69) is 45.4 Å². The first kappa shape index (κ1) is 26.4. The maximum atomic E-state index is 14.0. The van der Waals surface area contributed by atoms with Gasteiger partial charge in [0.2, 0.25) is 0 Å². The second-order valence-corrected chi connectivity index (χ2v) is 8.29. The van der Waals surface area contributed by atoms with Crippen molar-refractivity contribution in [1.29, 1.82) is 0 Å². The number of nitrogens with zero attached hydrogens (tertiary/aromatic N) is 5. The molecule has 1 saturated heterocycles. The van der Waals surface area contributed by atoms with E-state index in [0.717, 1.165) is 63.2 Å². The van der Waals surface area contributed by atoms with Crippen LogP contribution in [0.3, 0.4) is 0 Å². The molecule has 0 spiro atoms. The Bertz CT molecular complexity index is 864. The molecule has 0 radical (unpaired) electrons. The van der Waals surface area contributed by atoms with Crippen LogP contribution in [0.15, 0.2) is 35.6 Å². The van der Waals surface area contributed by atoms with E-state index in [4.69, 9.17) is 9.73 Å². The number of hydrogen-bond donors (Lipinski definition) is 1. The Morgan fingerprint density at radius 3 is 2.62 bits per heavy atom. The fourth-order valence-corrected chi connectivity index (χ4v) is 3.81. The molecule has 3 rings (SSSR count). The molecule has 1 aliphatic rings. The highest BCUT2D eigenvalue weighted by molar-refractivity contribution is 14.0.